The van der Waals surface area contributed by atoms with Gasteiger partial charge in [0.25, 0.3) is 0 Å². The van der Waals surface area contributed by atoms with Crippen LogP contribution >= 0.6 is 15.9 Å². The number of nitrogens with zero attached hydrogens (tertiary/aromatic N) is 3. The molecule has 9 nitrogen and oxygen atoms in total. The Kier molecular flexibility index (Phi) is 7.34. The van der Waals surface area contributed by atoms with Gasteiger partial charge in [0.1, 0.15) is 5.82 Å². The van der Waals surface area contributed by atoms with Gasteiger partial charge in [-0.15, -0.1) is 0 Å². The van der Waals surface area contributed by atoms with Crippen molar-refractivity contribution in [3.8, 4) is 0 Å². The second kappa shape index (κ2) is 9.48. The van der Waals surface area contributed by atoms with Crippen molar-refractivity contribution in [1.82, 2.24) is 14.8 Å². The molecule has 1 saturated heterocycles. The number of amides is 2. The maximum atomic E-state index is 12.1. The highest BCUT2D eigenvalue weighted by molar-refractivity contribution is 9.10. The highest BCUT2D eigenvalue weighted by Crippen LogP contribution is 2.15. The van der Waals surface area contributed by atoms with Crippen molar-refractivity contribution in [3.63, 3.8) is 0 Å². The molecule has 1 aromatic heterocycles. The zero-order valence-corrected chi connectivity index (χ0v) is 15.9. The van der Waals surface area contributed by atoms with E-state index in [1.54, 1.807) is 18.3 Å². The SMILES string of the molecule is COC(=O)CC1CN(CCC(=O)Nc2cc(Br)ccn2)CCN1C(=O)O. The van der Waals surface area contributed by atoms with Crippen LogP contribution in [0.3, 0.4) is 0 Å². The molecule has 26 heavy (non-hydrogen) atoms. The highest BCUT2D eigenvalue weighted by atomic mass is 79.9. The summed E-state index contributed by atoms with van der Waals surface area (Å²) in [6, 6.07) is 2.98. The largest absolute Gasteiger partial charge is 0.469 e. The second-order valence-electron chi connectivity index (χ2n) is 5.87. The van der Waals surface area contributed by atoms with Gasteiger partial charge in [-0.05, 0) is 12.1 Å². The van der Waals surface area contributed by atoms with Gasteiger partial charge in [-0.25, -0.2) is 9.78 Å². The fourth-order valence-corrected chi connectivity index (χ4v) is 3.10. The number of aromatic nitrogens is 1. The lowest BCUT2D eigenvalue weighted by molar-refractivity contribution is -0.142. The molecule has 2 N–H and O–H groups in total. The van der Waals surface area contributed by atoms with Gasteiger partial charge in [0.05, 0.1) is 19.6 Å². The lowest BCUT2D eigenvalue weighted by Gasteiger charge is -2.39. The first kappa shape index (κ1) is 20.1. The lowest BCUT2D eigenvalue weighted by Crippen LogP contribution is -2.55. The first-order chi connectivity index (χ1) is 12.4. The molecular weight excluding hydrogens is 408 g/mol. The number of anilines is 1. The van der Waals surface area contributed by atoms with Crippen LogP contribution < -0.4 is 5.32 Å². The lowest BCUT2D eigenvalue weighted by atomic mass is 10.1. The Morgan fingerprint density at radius 1 is 1.42 bits per heavy atom. The van der Waals surface area contributed by atoms with E-state index < -0.39 is 18.1 Å². The molecule has 2 rings (SSSR count). The van der Waals surface area contributed by atoms with Crippen LogP contribution in [-0.2, 0) is 14.3 Å². The predicted octanol–water partition coefficient (Wildman–Crippen LogP) is 1.40. The van der Waals surface area contributed by atoms with Gasteiger partial charge >= 0.3 is 12.1 Å². The third-order valence-electron chi connectivity index (χ3n) is 4.09. The normalized spacial score (nSPS) is 17.6. The molecule has 1 atom stereocenters. The Hall–Kier alpha value is -2.20. The minimum Gasteiger partial charge on any atom is -0.469 e. The smallest absolute Gasteiger partial charge is 0.407 e. The molecule has 1 unspecified atom stereocenters. The topological polar surface area (TPSA) is 112 Å². The van der Waals surface area contributed by atoms with E-state index in [9.17, 15) is 19.5 Å². The van der Waals surface area contributed by atoms with Crippen LogP contribution in [0.25, 0.3) is 0 Å². The Balaban J connectivity index is 1.86. The van der Waals surface area contributed by atoms with Crippen molar-refractivity contribution < 1.29 is 24.2 Å². The van der Waals surface area contributed by atoms with Crippen LogP contribution in [-0.4, -0.2) is 77.2 Å². The van der Waals surface area contributed by atoms with Crippen LogP contribution in [0.4, 0.5) is 10.6 Å². The van der Waals surface area contributed by atoms with Crippen molar-refractivity contribution in [3.05, 3.63) is 22.8 Å². The minimum absolute atomic E-state index is 0.00649. The number of hydrogen-bond acceptors (Lipinski definition) is 6. The highest BCUT2D eigenvalue weighted by Gasteiger charge is 2.32. The number of pyridine rings is 1. The van der Waals surface area contributed by atoms with E-state index in [0.29, 0.717) is 25.5 Å². The summed E-state index contributed by atoms with van der Waals surface area (Å²) in [7, 11) is 1.27. The summed E-state index contributed by atoms with van der Waals surface area (Å²) in [6.45, 7) is 1.63. The van der Waals surface area contributed by atoms with E-state index in [2.05, 4.69) is 31.0 Å². The van der Waals surface area contributed by atoms with Gasteiger partial charge in [0.15, 0.2) is 0 Å². The van der Waals surface area contributed by atoms with Crippen LogP contribution in [0, 0.1) is 0 Å². The number of halogens is 1. The summed E-state index contributed by atoms with van der Waals surface area (Å²) in [5.74, 6) is -0.175. The fourth-order valence-electron chi connectivity index (χ4n) is 2.76. The van der Waals surface area contributed by atoms with Crippen molar-refractivity contribution in [1.29, 1.82) is 0 Å². The number of piperazine rings is 1. The summed E-state index contributed by atoms with van der Waals surface area (Å²) in [5.41, 5.74) is 0. The average Bonchev–Trinajstić information content (AvgIpc) is 2.59. The van der Waals surface area contributed by atoms with Crippen molar-refractivity contribution in [2.45, 2.75) is 18.9 Å². The molecule has 10 heteroatoms. The molecule has 0 aromatic carbocycles. The number of carbonyl (C=O) groups excluding carboxylic acids is 2. The Bertz CT molecular complexity index is 672. The fraction of sp³-hybridized carbons (Fsp3) is 0.500. The number of rotatable bonds is 6. The second-order valence-corrected chi connectivity index (χ2v) is 6.78. The van der Waals surface area contributed by atoms with Crippen LogP contribution in [0.1, 0.15) is 12.8 Å². The molecular formula is C16H21BrN4O5. The van der Waals surface area contributed by atoms with E-state index in [4.69, 9.17) is 0 Å². The van der Waals surface area contributed by atoms with E-state index in [0.717, 1.165) is 4.47 Å². The van der Waals surface area contributed by atoms with E-state index in [1.807, 2.05) is 4.90 Å². The van der Waals surface area contributed by atoms with E-state index in [1.165, 1.54) is 12.0 Å². The Morgan fingerprint density at radius 3 is 2.85 bits per heavy atom. The maximum Gasteiger partial charge on any atom is 0.407 e. The van der Waals surface area contributed by atoms with Gasteiger partial charge in [0, 0.05) is 43.3 Å². The van der Waals surface area contributed by atoms with Gasteiger partial charge in [-0.2, -0.15) is 0 Å². The molecule has 0 aliphatic carbocycles. The zero-order chi connectivity index (χ0) is 19.1. The molecule has 0 bridgehead atoms. The number of hydrogen-bond donors (Lipinski definition) is 2. The quantitative estimate of drug-likeness (QED) is 0.658. The number of carbonyl (C=O) groups is 3. The predicted molar refractivity (Wildman–Crippen MR) is 96.8 cm³/mol. The van der Waals surface area contributed by atoms with Crippen LogP contribution in [0.5, 0.6) is 0 Å². The monoisotopic (exact) mass is 428 g/mol. The van der Waals surface area contributed by atoms with E-state index >= 15 is 0 Å². The molecule has 0 saturated carbocycles. The standard InChI is InChI=1S/C16H21BrN4O5/c1-26-15(23)9-12-10-20(6-7-21(12)16(24)25)5-3-14(22)19-13-8-11(17)2-4-18-13/h2,4,8,12H,3,5-7,9-10H2,1H3,(H,24,25)(H,18,19,22). The summed E-state index contributed by atoms with van der Waals surface area (Å²) in [4.78, 5) is 42.2. The average molecular weight is 429 g/mol. The first-order valence-electron chi connectivity index (χ1n) is 8.09. The molecule has 2 heterocycles. The van der Waals surface area contributed by atoms with Gasteiger partial charge in [-0.1, -0.05) is 15.9 Å². The number of methoxy groups -OCH3 is 1. The molecule has 0 radical (unpaired) electrons. The Morgan fingerprint density at radius 2 is 2.19 bits per heavy atom. The summed E-state index contributed by atoms with van der Waals surface area (Å²) in [6.07, 6.45) is 0.763. The van der Waals surface area contributed by atoms with Crippen molar-refractivity contribution in [2.24, 2.45) is 0 Å². The van der Waals surface area contributed by atoms with Crippen LogP contribution in [0.15, 0.2) is 22.8 Å². The molecule has 1 aliphatic heterocycles. The van der Waals surface area contributed by atoms with Crippen LogP contribution in [0.2, 0.25) is 0 Å². The summed E-state index contributed by atoms with van der Waals surface area (Å²) < 4.78 is 5.46. The maximum absolute atomic E-state index is 12.1. The van der Waals surface area contributed by atoms with Crippen molar-refractivity contribution in [2.75, 3.05) is 38.6 Å². The minimum atomic E-state index is -1.06. The number of esters is 1. The third-order valence-corrected chi connectivity index (χ3v) is 4.58. The van der Waals surface area contributed by atoms with Gasteiger partial charge in [0.2, 0.25) is 5.91 Å². The Labute approximate surface area is 159 Å². The summed E-state index contributed by atoms with van der Waals surface area (Å²) in [5, 5.41) is 12.0. The van der Waals surface area contributed by atoms with Crippen molar-refractivity contribution >= 4 is 39.7 Å². The number of ether oxygens (including phenoxy) is 1. The van der Waals surface area contributed by atoms with E-state index in [-0.39, 0.29) is 25.3 Å². The zero-order valence-electron chi connectivity index (χ0n) is 14.4. The molecule has 1 fully saturated rings. The number of carboxylic acid groups (broad SMARTS) is 1. The van der Waals surface area contributed by atoms with Gasteiger partial charge in [-0.3, -0.25) is 14.5 Å². The third kappa shape index (κ3) is 5.95. The molecule has 1 aromatic rings. The summed E-state index contributed by atoms with van der Waals surface area (Å²) >= 11 is 3.31. The molecule has 142 valence electrons. The first-order valence-corrected chi connectivity index (χ1v) is 8.88. The molecule has 1 aliphatic rings. The molecule has 2 amide bonds. The van der Waals surface area contributed by atoms with Gasteiger partial charge < -0.3 is 20.1 Å². The molecule has 0 spiro atoms. The number of nitrogens with one attached hydrogen (secondary N) is 1.